The van der Waals surface area contributed by atoms with Crippen LogP contribution in [0, 0.1) is 13.8 Å². The molecule has 5 nitrogen and oxygen atoms in total. The number of furan rings is 2. The van der Waals surface area contributed by atoms with Crippen LogP contribution in [-0.2, 0) is 11.4 Å². The quantitative estimate of drug-likeness (QED) is 0.325. The Morgan fingerprint density at radius 2 is 1.62 bits per heavy atom. The third-order valence-corrected chi connectivity index (χ3v) is 5.49. The van der Waals surface area contributed by atoms with Crippen molar-refractivity contribution in [2.24, 2.45) is 0 Å². The van der Waals surface area contributed by atoms with Gasteiger partial charge in [-0.05, 0) is 67.4 Å². The monoisotopic (exact) mass is 447 g/mol. The van der Waals surface area contributed by atoms with Gasteiger partial charge in [0, 0.05) is 27.9 Å². The molecule has 0 spiro atoms. The van der Waals surface area contributed by atoms with Crippen molar-refractivity contribution in [2.45, 2.75) is 20.5 Å². The average Bonchev–Trinajstić information content (AvgIpc) is 3.45. The molecule has 4 rings (SSSR count). The van der Waals surface area contributed by atoms with Crippen LogP contribution < -0.4 is 5.32 Å². The molecule has 2 heterocycles. The summed E-state index contributed by atoms with van der Waals surface area (Å²) < 4.78 is 11.4. The summed E-state index contributed by atoms with van der Waals surface area (Å²) in [6.45, 7) is 3.70. The van der Waals surface area contributed by atoms with Crippen molar-refractivity contribution >= 4 is 29.3 Å². The third-order valence-electron chi connectivity index (χ3n) is 5.08. The van der Waals surface area contributed by atoms with Crippen LogP contribution in [0.15, 0.2) is 75.6 Å². The van der Waals surface area contributed by atoms with Gasteiger partial charge < -0.3 is 19.3 Å². The highest BCUT2D eigenvalue weighted by molar-refractivity contribution is 6.31. The van der Waals surface area contributed by atoms with Crippen LogP contribution >= 0.6 is 11.6 Å². The fraction of sp³-hybridized carbons (Fsp3) is 0.115. The van der Waals surface area contributed by atoms with E-state index >= 15 is 0 Å². The minimum absolute atomic E-state index is 0.161. The Morgan fingerprint density at radius 3 is 2.34 bits per heavy atom. The molecule has 0 fully saturated rings. The van der Waals surface area contributed by atoms with Gasteiger partial charge in [0.25, 0.3) is 0 Å². The molecular weight excluding hydrogens is 426 g/mol. The van der Waals surface area contributed by atoms with Gasteiger partial charge in [0.05, 0.1) is 0 Å². The van der Waals surface area contributed by atoms with Gasteiger partial charge in [-0.25, -0.2) is 0 Å². The zero-order chi connectivity index (χ0) is 22.7. The van der Waals surface area contributed by atoms with Gasteiger partial charge in [-0.15, -0.1) is 0 Å². The molecule has 0 saturated heterocycles. The van der Waals surface area contributed by atoms with Crippen molar-refractivity contribution < 1.29 is 18.7 Å². The zero-order valence-electron chi connectivity index (χ0n) is 17.7. The lowest BCUT2D eigenvalue weighted by atomic mass is 10.1. The summed E-state index contributed by atoms with van der Waals surface area (Å²) >= 11 is 6.20. The van der Waals surface area contributed by atoms with Crippen molar-refractivity contribution in [3.05, 3.63) is 94.4 Å². The first kappa shape index (κ1) is 21.7. The Bertz CT molecular complexity index is 1300. The van der Waals surface area contributed by atoms with Gasteiger partial charge in [-0.1, -0.05) is 35.9 Å². The number of benzene rings is 2. The van der Waals surface area contributed by atoms with Crippen LogP contribution in [0.3, 0.4) is 0 Å². The minimum Gasteiger partial charge on any atom is -0.459 e. The molecule has 0 saturated carbocycles. The number of carbonyl (C=O) groups is 1. The van der Waals surface area contributed by atoms with Crippen molar-refractivity contribution in [3.8, 4) is 22.6 Å². The molecule has 0 unspecified atom stereocenters. The molecule has 6 heteroatoms. The van der Waals surface area contributed by atoms with E-state index < -0.39 is 0 Å². The Morgan fingerprint density at radius 1 is 0.938 bits per heavy atom. The van der Waals surface area contributed by atoms with E-state index in [0.29, 0.717) is 33.8 Å². The Labute approximate surface area is 191 Å². The van der Waals surface area contributed by atoms with Crippen molar-refractivity contribution in [3.63, 3.8) is 0 Å². The molecule has 162 valence electrons. The number of carbonyl (C=O) groups excluding carboxylic acids is 1. The number of anilines is 1. The highest BCUT2D eigenvalue weighted by Crippen LogP contribution is 2.28. The number of aliphatic hydroxyl groups excluding tert-OH is 1. The number of halogens is 1. The maximum Gasteiger partial charge on any atom is 0.248 e. The Hall–Kier alpha value is -3.54. The van der Waals surface area contributed by atoms with Crippen LogP contribution in [0.2, 0.25) is 5.02 Å². The maximum atomic E-state index is 12.5. The summed E-state index contributed by atoms with van der Waals surface area (Å²) in [6, 6.07) is 18.5. The Balaban J connectivity index is 1.46. The second-order valence-electron chi connectivity index (χ2n) is 7.44. The molecule has 0 radical (unpaired) electrons. The van der Waals surface area contributed by atoms with E-state index in [4.69, 9.17) is 20.4 Å². The topological polar surface area (TPSA) is 75.6 Å². The van der Waals surface area contributed by atoms with Gasteiger partial charge in [0.1, 0.15) is 29.6 Å². The predicted molar refractivity (Wildman–Crippen MR) is 126 cm³/mol. The van der Waals surface area contributed by atoms with Gasteiger partial charge in [-0.2, -0.15) is 0 Å². The maximum absolute atomic E-state index is 12.5. The second-order valence-corrected chi connectivity index (χ2v) is 7.85. The molecule has 0 bridgehead atoms. The third kappa shape index (κ3) is 4.85. The van der Waals surface area contributed by atoms with Crippen molar-refractivity contribution in [1.29, 1.82) is 0 Å². The van der Waals surface area contributed by atoms with E-state index in [1.807, 2.05) is 56.3 Å². The lowest BCUT2D eigenvalue weighted by molar-refractivity contribution is -0.111. The highest BCUT2D eigenvalue weighted by Gasteiger charge is 2.09. The number of hydrogen-bond donors (Lipinski definition) is 2. The summed E-state index contributed by atoms with van der Waals surface area (Å²) in [5.74, 6) is 2.07. The molecule has 2 aromatic carbocycles. The lowest BCUT2D eigenvalue weighted by Crippen LogP contribution is -2.09. The van der Waals surface area contributed by atoms with E-state index in [1.54, 1.807) is 24.3 Å². The SMILES string of the molecule is Cc1ccc(-c2ccc(/C=C/C(=O)Nc3cc(-c4ccc(CO)o4)ccc3C)o2)cc1Cl. The zero-order valence-corrected chi connectivity index (χ0v) is 18.4. The van der Waals surface area contributed by atoms with Gasteiger partial charge in [0.15, 0.2) is 0 Å². The van der Waals surface area contributed by atoms with E-state index in [1.165, 1.54) is 6.08 Å². The molecule has 0 aliphatic rings. The van der Waals surface area contributed by atoms with E-state index in [9.17, 15) is 9.90 Å². The number of nitrogens with one attached hydrogen (secondary N) is 1. The first-order chi connectivity index (χ1) is 15.4. The number of amides is 1. The fourth-order valence-electron chi connectivity index (χ4n) is 3.20. The summed E-state index contributed by atoms with van der Waals surface area (Å²) in [5, 5.41) is 12.7. The number of rotatable bonds is 6. The van der Waals surface area contributed by atoms with Crippen molar-refractivity contribution in [2.75, 3.05) is 5.32 Å². The van der Waals surface area contributed by atoms with Crippen molar-refractivity contribution in [1.82, 2.24) is 0 Å². The summed E-state index contributed by atoms with van der Waals surface area (Å²) in [5.41, 5.74) is 4.27. The molecule has 32 heavy (non-hydrogen) atoms. The predicted octanol–water partition coefficient (Wildman–Crippen LogP) is 6.62. The Kier molecular flexibility index (Phi) is 6.30. The molecule has 1 amide bonds. The van der Waals surface area contributed by atoms with Gasteiger partial charge >= 0.3 is 0 Å². The minimum atomic E-state index is -0.280. The van der Waals surface area contributed by atoms with Crippen LogP contribution in [0.25, 0.3) is 28.7 Å². The number of aliphatic hydroxyl groups is 1. The van der Waals surface area contributed by atoms with Crippen LogP contribution in [-0.4, -0.2) is 11.0 Å². The number of hydrogen-bond acceptors (Lipinski definition) is 4. The smallest absolute Gasteiger partial charge is 0.248 e. The normalized spacial score (nSPS) is 11.2. The van der Waals surface area contributed by atoms with E-state index in [0.717, 1.165) is 22.3 Å². The van der Waals surface area contributed by atoms with Gasteiger partial charge in [0.2, 0.25) is 5.91 Å². The fourth-order valence-corrected chi connectivity index (χ4v) is 3.38. The summed E-state index contributed by atoms with van der Waals surface area (Å²) in [7, 11) is 0. The van der Waals surface area contributed by atoms with E-state index in [2.05, 4.69) is 5.32 Å². The van der Waals surface area contributed by atoms with Crippen LogP contribution in [0.1, 0.15) is 22.6 Å². The highest BCUT2D eigenvalue weighted by atomic mass is 35.5. The molecule has 2 N–H and O–H groups in total. The first-order valence-corrected chi connectivity index (χ1v) is 10.5. The first-order valence-electron chi connectivity index (χ1n) is 10.1. The molecular formula is C26H22ClNO4. The standard InChI is InChI=1S/C26H22ClNO4/c1-16-3-5-18(13-22(16)27)24-10-7-20(31-24)9-12-26(30)28-23-14-19(6-4-17(23)2)25-11-8-21(15-29)32-25/h3-14,29H,15H2,1-2H3,(H,28,30)/b12-9+. The van der Waals surface area contributed by atoms with E-state index in [-0.39, 0.29) is 12.5 Å². The number of aryl methyl sites for hydroxylation is 2. The largest absolute Gasteiger partial charge is 0.459 e. The molecule has 4 aromatic rings. The average molecular weight is 448 g/mol. The molecule has 2 aromatic heterocycles. The van der Waals surface area contributed by atoms with Crippen LogP contribution in [0.4, 0.5) is 5.69 Å². The molecule has 0 aliphatic heterocycles. The van der Waals surface area contributed by atoms with Gasteiger partial charge in [-0.3, -0.25) is 4.79 Å². The summed E-state index contributed by atoms with van der Waals surface area (Å²) in [4.78, 5) is 12.5. The lowest BCUT2D eigenvalue weighted by Gasteiger charge is -2.08. The molecule has 0 aliphatic carbocycles. The van der Waals surface area contributed by atoms with Crippen LogP contribution in [0.5, 0.6) is 0 Å². The molecule has 0 atom stereocenters. The second kappa shape index (κ2) is 9.30. The summed E-state index contributed by atoms with van der Waals surface area (Å²) in [6.07, 6.45) is 3.04.